The summed E-state index contributed by atoms with van der Waals surface area (Å²) in [4.78, 5) is 24.6. The van der Waals surface area contributed by atoms with Crippen molar-refractivity contribution in [2.75, 3.05) is 13.7 Å². The normalized spacial score (nSPS) is 11.5. The quantitative estimate of drug-likeness (QED) is 0.784. The van der Waals surface area contributed by atoms with Gasteiger partial charge in [0.05, 0.1) is 26.2 Å². The molecule has 2 rings (SSSR count). The molecule has 0 aliphatic carbocycles. The highest BCUT2D eigenvalue weighted by atomic mass is 16.5. The number of carbonyl (C=O) groups is 2. The number of esters is 1. The summed E-state index contributed by atoms with van der Waals surface area (Å²) in [5.41, 5.74) is 2.28. The van der Waals surface area contributed by atoms with Gasteiger partial charge in [0.1, 0.15) is 5.75 Å². The van der Waals surface area contributed by atoms with Gasteiger partial charge in [0.15, 0.2) is 0 Å². The Balaban J connectivity index is 2.22. The molecule has 0 spiro atoms. The van der Waals surface area contributed by atoms with Crippen LogP contribution in [-0.2, 0) is 9.53 Å². The molecule has 0 saturated heterocycles. The number of nitrogens with one attached hydrogen (secondary N) is 1. The number of methoxy groups -OCH3 is 1. The molecule has 25 heavy (non-hydrogen) atoms. The standard InChI is InChI=1S/C20H23NO4/c1-4-25-19(22)13-18(15-9-11-16(24-3)12-10-15)21-20(23)17-8-6-5-7-14(17)2/h5-12,18H,4,13H2,1-3H3,(H,21,23). The Morgan fingerprint density at radius 3 is 2.36 bits per heavy atom. The van der Waals surface area contributed by atoms with Crippen LogP contribution < -0.4 is 10.1 Å². The zero-order chi connectivity index (χ0) is 18.2. The monoisotopic (exact) mass is 341 g/mol. The number of carbonyl (C=O) groups excluding carboxylic acids is 2. The summed E-state index contributed by atoms with van der Waals surface area (Å²) < 4.78 is 10.2. The second-order valence-corrected chi connectivity index (χ2v) is 5.62. The average Bonchev–Trinajstić information content (AvgIpc) is 2.61. The number of hydrogen-bond acceptors (Lipinski definition) is 4. The molecule has 1 amide bonds. The lowest BCUT2D eigenvalue weighted by Gasteiger charge is -2.19. The van der Waals surface area contributed by atoms with Crippen LogP contribution in [-0.4, -0.2) is 25.6 Å². The van der Waals surface area contributed by atoms with E-state index in [9.17, 15) is 9.59 Å². The van der Waals surface area contributed by atoms with Gasteiger partial charge in [-0.3, -0.25) is 9.59 Å². The molecule has 0 bridgehead atoms. The van der Waals surface area contributed by atoms with Gasteiger partial charge < -0.3 is 14.8 Å². The number of aryl methyl sites for hydroxylation is 1. The number of ether oxygens (including phenoxy) is 2. The second kappa shape index (κ2) is 8.87. The Hall–Kier alpha value is -2.82. The molecular formula is C20H23NO4. The zero-order valence-electron chi connectivity index (χ0n) is 14.7. The van der Waals surface area contributed by atoms with E-state index in [2.05, 4.69) is 5.32 Å². The van der Waals surface area contributed by atoms with E-state index in [4.69, 9.17) is 9.47 Å². The van der Waals surface area contributed by atoms with Crippen molar-refractivity contribution in [2.24, 2.45) is 0 Å². The molecule has 132 valence electrons. The zero-order valence-corrected chi connectivity index (χ0v) is 14.7. The van der Waals surface area contributed by atoms with E-state index in [0.717, 1.165) is 11.1 Å². The third-order valence-electron chi connectivity index (χ3n) is 3.89. The molecule has 0 aliphatic rings. The van der Waals surface area contributed by atoms with Crippen LogP contribution in [0.3, 0.4) is 0 Å². The van der Waals surface area contributed by atoms with Crippen LogP contribution in [0.1, 0.15) is 40.9 Å². The summed E-state index contributed by atoms with van der Waals surface area (Å²) in [6.07, 6.45) is 0.0673. The van der Waals surface area contributed by atoms with E-state index in [-0.39, 0.29) is 18.3 Å². The maximum atomic E-state index is 12.6. The third-order valence-corrected chi connectivity index (χ3v) is 3.89. The first-order valence-electron chi connectivity index (χ1n) is 8.21. The van der Waals surface area contributed by atoms with Crippen LogP contribution in [0.4, 0.5) is 0 Å². The van der Waals surface area contributed by atoms with E-state index in [0.29, 0.717) is 17.9 Å². The molecule has 0 aromatic heterocycles. The van der Waals surface area contributed by atoms with Crippen molar-refractivity contribution in [3.05, 3.63) is 65.2 Å². The maximum Gasteiger partial charge on any atom is 0.308 e. The Labute approximate surface area is 148 Å². The van der Waals surface area contributed by atoms with Gasteiger partial charge in [-0.15, -0.1) is 0 Å². The largest absolute Gasteiger partial charge is 0.497 e. The van der Waals surface area contributed by atoms with Crippen molar-refractivity contribution in [3.63, 3.8) is 0 Å². The van der Waals surface area contributed by atoms with Gasteiger partial charge in [0.25, 0.3) is 5.91 Å². The minimum Gasteiger partial charge on any atom is -0.497 e. The lowest BCUT2D eigenvalue weighted by molar-refractivity contribution is -0.143. The van der Waals surface area contributed by atoms with E-state index in [1.165, 1.54) is 0 Å². The lowest BCUT2D eigenvalue weighted by atomic mass is 10.0. The molecule has 1 unspecified atom stereocenters. The Morgan fingerprint density at radius 2 is 1.76 bits per heavy atom. The van der Waals surface area contributed by atoms with Crippen LogP contribution in [0, 0.1) is 6.92 Å². The maximum absolute atomic E-state index is 12.6. The first kappa shape index (κ1) is 18.5. The molecule has 0 heterocycles. The summed E-state index contributed by atoms with van der Waals surface area (Å²) in [6, 6.07) is 14.1. The second-order valence-electron chi connectivity index (χ2n) is 5.62. The number of rotatable bonds is 7. The number of hydrogen-bond donors (Lipinski definition) is 1. The average molecular weight is 341 g/mol. The molecule has 0 fully saturated rings. The topological polar surface area (TPSA) is 64.6 Å². The van der Waals surface area contributed by atoms with Crippen molar-refractivity contribution >= 4 is 11.9 Å². The van der Waals surface area contributed by atoms with E-state index in [1.54, 1.807) is 32.2 Å². The molecular weight excluding hydrogens is 318 g/mol. The van der Waals surface area contributed by atoms with Crippen molar-refractivity contribution in [3.8, 4) is 5.75 Å². The molecule has 2 aromatic rings. The van der Waals surface area contributed by atoms with E-state index >= 15 is 0 Å². The molecule has 1 atom stereocenters. The highest BCUT2D eigenvalue weighted by molar-refractivity contribution is 5.96. The molecule has 2 aromatic carbocycles. The van der Waals surface area contributed by atoms with Gasteiger partial charge in [0, 0.05) is 5.56 Å². The fraction of sp³-hybridized carbons (Fsp3) is 0.300. The van der Waals surface area contributed by atoms with Gasteiger partial charge in [-0.1, -0.05) is 30.3 Å². The van der Waals surface area contributed by atoms with Crippen molar-refractivity contribution < 1.29 is 19.1 Å². The Bertz CT molecular complexity index is 725. The van der Waals surface area contributed by atoms with E-state index < -0.39 is 6.04 Å². The lowest BCUT2D eigenvalue weighted by Crippen LogP contribution is -2.31. The van der Waals surface area contributed by atoms with Crippen molar-refractivity contribution in [2.45, 2.75) is 26.3 Å². The van der Waals surface area contributed by atoms with Crippen molar-refractivity contribution in [1.82, 2.24) is 5.32 Å². The highest BCUT2D eigenvalue weighted by Gasteiger charge is 2.20. The van der Waals surface area contributed by atoms with Crippen LogP contribution in [0.25, 0.3) is 0 Å². The van der Waals surface area contributed by atoms with Crippen LogP contribution in [0.2, 0.25) is 0 Å². The van der Waals surface area contributed by atoms with Gasteiger partial charge in [0.2, 0.25) is 0 Å². The van der Waals surface area contributed by atoms with Crippen LogP contribution in [0.15, 0.2) is 48.5 Å². The Kier molecular flexibility index (Phi) is 6.57. The Morgan fingerprint density at radius 1 is 1.08 bits per heavy atom. The molecule has 0 aliphatic heterocycles. The predicted molar refractivity (Wildman–Crippen MR) is 95.6 cm³/mol. The minimum absolute atomic E-state index is 0.0673. The summed E-state index contributed by atoms with van der Waals surface area (Å²) in [5.74, 6) is 0.139. The predicted octanol–water partition coefficient (Wildman–Crippen LogP) is 3.43. The summed E-state index contributed by atoms with van der Waals surface area (Å²) in [5, 5.41) is 2.94. The smallest absolute Gasteiger partial charge is 0.308 e. The SMILES string of the molecule is CCOC(=O)CC(NC(=O)c1ccccc1C)c1ccc(OC)cc1. The summed E-state index contributed by atoms with van der Waals surface area (Å²) in [6.45, 7) is 3.94. The third kappa shape index (κ3) is 5.08. The van der Waals surface area contributed by atoms with E-state index in [1.807, 2.05) is 37.3 Å². The number of benzene rings is 2. The first-order valence-corrected chi connectivity index (χ1v) is 8.21. The van der Waals surface area contributed by atoms with Crippen molar-refractivity contribution in [1.29, 1.82) is 0 Å². The van der Waals surface area contributed by atoms with Crippen LogP contribution in [0.5, 0.6) is 5.75 Å². The minimum atomic E-state index is -0.475. The first-order chi connectivity index (χ1) is 12.0. The van der Waals surface area contributed by atoms with Crippen LogP contribution >= 0.6 is 0 Å². The van der Waals surface area contributed by atoms with Gasteiger partial charge in [-0.05, 0) is 43.2 Å². The highest BCUT2D eigenvalue weighted by Crippen LogP contribution is 2.22. The summed E-state index contributed by atoms with van der Waals surface area (Å²) >= 11 is 0. The molecule has 1 N–H and O–H groups in total. The van der Waals surface area contributed by atoms with Gasteiger partial charge in [-0.2, -0.15) is 0 Å². The van der Waals surface area contributed by atoms with Gasteiger partial charge >= 0.3 is 5.97 Å². The molecule has 5 heteroatoms. The fourth-order valence-electron chi connectivity index (χ4n) is 2.54. The fourth-order valence-corrected chi connectivity index (χ4v) is 2.54. The molecule has 0 radical (unpaired) electrons. The molecule has 0 saturated carbocycles. The summed E-state index contributed by atoms with van der Waals surface area (Å²) in [7, 11) is 1.59. The molecule has 5 nitrogen and oxygen atoms in total. The van der Waals surface area contributed by atoms with Gasteiger partial charge in [-0.25, -0.2) is 0 Å². The number of amides is 1.